The van der Waals surface area contributed by atoms with Gasteiger partial charge in [-0.05, 0) is 59.7 Å². The van der Waals surface area contributed by atoms with Crippen molar-refractivity contribution in [2.45, 2.75) is 19.7 Å². The van der Waals surface area contributed by atoms with Gasteiger partial charge in [0.25, 0.3) is 5.91 Å². The molecule has 2 amide bonds. The van der Waals surface area contributed by atoms with E-state index in [9.17, 15) is 14.0 Å². The zero-order valence-corrected chi connectivity index (χ0v) is 20.5. The Kier molecular flexibility index (Phi) is 7.61. The first-order chi connectivity index (χ1) is 18.5. The average molecular weight is 512 g/mol. The molecule has 3 aromatic carbocycles. The van der Waals surface area contributed by atoms with Crippen molar-refractivity contribution < 1.29 is 23.1 Å². The van der Waals surface area contributed by atoms with Crippen LogP contribution >= 0.6 is 0 Å². The minimum Gasteiger partial charge on any atom is -0.467 e. The second kappa shape index (κ2) is 11.6. The van der Waals surface area contributed by atoms with Crippen LogP contribution in [0.15, 0.2) is 102 Å². The van der Waals surface area contributed by atoms with Gasteiger partial charge in [-0.2, -0.15) is 0 Å². The molecule has 0 aliphatic heterocycles. The van der Waals surface area contributed by atoms with Gasteiger partial charge in [0.2, 0.25) is 5.91 Å². The summed E-state index contributed by atoms with van der Waals surface area (Å²) in [6.45, 7) is 0.871. The van der Waals surface area contributed by atoms with Gasteiger partial charge in [-0.15, -0.1) is 0 Å². The molecule has 0 atom stereocenters. The highest BCUT2D eigenvalue weighted by atomic mass is 19.1. The van der Waals surface area contributed by atoms with E-state index in [-0.39, 0.29) is 30.8 Å². The number of nitrogens with zero attached hydrogens (tertiary/aromatic N) is 1. The van der Waals surface area contributed by atoms with Crippen LogP contribution in [0.1, 0.15) is 27.4 Å². The summed E-state index contributed by atoms with van der Waals surface area (Å²) < 4.78 is 26.2. The predicted molar refractivity (Wildman–Crippen MR) is 142 cm³/mol. The molecule has 0 saturated carbocycles. The number of hydrogen-bond donors (Lipinski definition) is 2. The second-order valence-corrected chi connectivity index (χ2v) is 8.80. The zero-order valence-electron chi connectivity index (χ0n) is 20.5. The van der Waals surface area contributed by atoms with Gasteiger partial charge in [0.1, 0.15) is 23.9 Å². The molecule has 8 heteroatoms. The van der Waals surface area contributed by atoms with E-state index in [1.54, 1.807) is 42.7 Å². The maximum absolute atomic E-state index is 13.5. The van der Waals surface area contributed by atoms with Crippen molar-refractivity contribution in [2.24, 2.45) is 0 Å². The number of ether oxygens (including phenoxy) is 1. The van der Waals surface area contributed by atoms with Crippen LogP contribution in [0.2, 0.25) is 0 Å². The summed E-state index contributed by atoms with van der Waals surface area (Å²) in [6.07, 6.45) is 1.55. The molecule has 0 unspecified atom stereocenters. The molecule has 0 saturated heterocycles. The van der Waals surface area contributed by atoms with Gasteiger partial charge in [-0.25, -0.2) is 4.39 Å². The number of aromatic nitrogens is 1. The first-order valence-corrected chi connectivity index (χ1v) is 12.1. The number of halogens is 1. The van der Waals surface area contributed by atoms with E-state index in [4.69, 9.17) is 9.15 Å². The van der Waals surface area contributed by atoms with Gasteiger partial charge in [-0.3, -0.25) is 9.59 Å². The Balaban J connectivity index is 1.33. The number of carbonyl (C=O) groups excluding carboxylic acids is 2. The maximum Gasteiger partial charge on any atom is 0.268 e. The Labute approximate surface area is 218 Å². The predicted octanol–water partition coefficient (Wildman–Crippen LogP) is 5.51. The summed E-state index contributed by atoms with van der Waals surface area (Å²) in [5, 5.41) is 6.51. The fourth-order valence-corrected chi connectivity index (χ4v) is 4.18. The van der Waals surface area contributed by atoms with E-state index in [1.807, 2.05) is 47.0 Å². The molecule has 0 bridgehead atoms. The lowest BCUT2D eigenvalue weighted by molar-refractivity contribution is -0.121. The molecule has 0 aliphatic carbocycles. The molecule has 2 aromatic heterocycles. The van der Waals surface area contributed by atoms with Gasteiger partial charge < -0.3 is 24.4 Å². The number of rotatable bonds is 10. The van der Waals surface area contributed by atoms with Crippen molar-refractivity contribution in [1.82, 2.24) is 9.88 Å². The average Bonchev–Trinajstić information content (AvgIpc) is 3.57. The lowest BCUT2D eigenvalue weighted by atomic mass is 10.2. The van der Waals surface area contributed by atoms with Crippen LogP contribution in [-0.4, -0.2) is 23.0 Å². The first-order valence-electron chi connectivity index (χ1n) is 12.1. The summed E-state index contributed by atoms with van der Waals surface area (Å²) in [6, 6.07) is 26.6. The Morgan fingerprint density at radius 3 is 2.47 bits per heavy atom. The zero-order chi connectivity index (χ0) is 26.3. The highest BCUT2D eigenvalue weighted by Crippen LogP contribution is 2.25. The molecule has 5 aromatic rings. The highest BCUT2D eigenvalue weighted by molar-refractivity contribution is 6.00. The van der Waals surface area contributed by atoms with Gasteiger partial charge in [0, 0.05) is 23.1 Å². The monoisotopic (exact) mass is 511 g/mol. The topological polar surface area (TPSA) is 85.5 Å². The molecule has 2 N–H and O–H groups in total. The van der Waals surface area contributed by atoms with Crippen LogP contribution in [0.5, 0.6) is 0 Å². The SMILES string of the molecule is O=C(COCc1ccccc1)Nc1ccc2c(c1)cc(C(=O)NCc1ccco1)n2Cc1ccc(F)cc1. The van der Waals surface area contributed by atoms with Crippen molar-refractivity contribution in [3.8, 4) is 0 Å². The lowest BCUT2D eigenvalue weighted by Crippen LogP contribution is -2.25. The van der Waals surface area contributed by atoms with Crippen molar-refractivity contribution in [3.05, 3.63) is 126 Å². The van der Waals surface area contributed by atoms with Gasteiger partial charge in [0.15, 0.2) is 0 Å². The molecule has 7 nitrogen and oxygen atoms in total. The lowest BCUT2D eigenvalue weighted by Gasteiger charge is -2.12. The molecule has 0 radical (unpaired) electrons. The number of amides is 2. The molecule has 38 heavy (non-hydrogen) atoms. The molecule has 0 aliphatic rings. The van der Waals surface area contributed by atoms with E-state index in [2.05, 4.69) is 10.6 Å². The Hall–Kier alpha value is -4.69. The first kappa shape index (κ1) is 25.0. The third kappa shape index (κ3) is 6.16. The maximum atomic E-state index is 13.5. The van der Waals surface area contributed by atoms with Crippen molar-refractivity contribution in [2.75, 3.05) is 11.9 Å². The molecule has 0 spiro atoms. The summed E-state index contributed by atoms with van der Waals surface area (Å²) in [5.74, 6) is -0.239. The summed E-state index contributed by atoms with van der Waals surface area (Å²) >= 11 is 0. The largest absolute Gasteiger partial charge is 0.467 e. The van der Waals surface area contributed by atoms with Crippen molar-refractivity contribution in [3.63, 3.8) is 0 Å². The van der Waals surface area contributed by atoms with E-state index in [0.717, 1.165) is 22.0 Å². The van der Waals surface area contributed by atoms with Gasteiger partial charge >= 0.3 is 0 Å². The van der Waals surface area contributed by atoms with Gasteiger partial charge in [-0.1, -0.05) is 42.5 Å². The van der Waals surface area contributed by atoms with Crippen molar-refractivity contribution in [1.29, 1.82) is 0 Å². The number of furan rings is 1. The fraction of sp³-hybridized carbons (Fsp3) is 0.133. The quantitative estimate of drug-likeness (QED) is 0.259. The summed E-state index contributed by atoms with van der Waals surface area (Å²) in [4.78, 5) is 25.6. The number of hydrogen-bond acceptors (Lipinski definition) is 4. The van der Waals surface area contributed by atoms with Crippen LogP contribution in [-0.2, 0) is 29.2 Å². The second-order valence-electron chi connectivity index (χ2n) is 8.80. The van der Waals surface area contributed by atoms with Crippen LogP contribution in [0.4, 0.5) is 10.1 Å². The number of anilines is 1. The van der Waals surface area contributed by atoms with Crippen LogP contribution < -0.4 is 10.6 Å². The molecule has 2 heterocycles. The Morgan fingerprint density at radius 2 is 1.71 bits per heavy atom. The summed E-state index contributed by atoms with van der Waals surface area (Å²) in [5.41, 5.74) is 3.66. The number of fused-ring (bicyclic) bond motifs is 1. The number of benzene rings is 3. The van der Waals surface area contributed by atoms with E-state index < -0.39 is 0 Å². The van der Waals surface area contributed by atoms with Crippen LogP contribution in [0, 0.1) is 5.82 Å². The van der Waals surface area contributed by atoms with E-state index >= 15 is 0 Å². The molecular weight excluding hydrogens is 485 g/mol. The molecule has 5 rings (SSSR count). The number of carbonyl (C=O) groups is 2. The standard InChI is InChI=1S/C30H26FN3O4/c31-24-10-8-21(9-11-24)18-34-27-13-12-25(33-29(35)20-37-19-22-5-2-1-3-6-22)15-23(27)16-28(34)30(36)32-17-26-7-4-14-38-26/h1-16H,17-20H2,(H,32,36)(H,33,35). The third-order valence-corrected chi connectivity index (χ3v) is 6.02. The smallest absolute Gasteiger partial charge is 0.268 e. The van der Waals surface area contributed by atoms with E-state index in [0.29, 0.717) is 30.3 Å². The summed E-state index contributed by atoms with van der Waals surface area (Å²) in [7, 11) is 0. The molecule has 192 valence electrons. The highest BCUT2D eigenvalue weighted by Gasteiger charge is 2.17. The van der Waals surface area contributed by atoms with Crippen molar-refractivity contribution >= 4 is 28.4 Å². The van der Waals surface area contributed by atoms with Crippen LogP contribution in [0.25, 0.3) is 10.9 Å². The number of nitrogens with one attached hydrogen (secondary N) is 2. The van der Waals surface area contributed by atoms with Gasteiger partial charge in [0.05, 0.1) is 19.4 Å². The minimum absolute atomic E-state index is 0.0844. The Bertz CT molecular complexity index is 1530. The molecule has 0 fully saturated rings. The Morgan fingerprint density at radius 1 is 0.895 bits per heavy atom. The third-order valence-electron chi connectivity index (χ3n) is 6.02. The normalized spacial score (nSPS) is 11.0. The molecular formula is C30H26FN3O4. The fourth-order valence-electron chi connectivity index (χ4n) is 4.18. The minimum atomic E-state index is -0.323. The van der Waals surface area contributed by atoms with Crippen LogP contribution in [0.3, 0.4) is 0 Å². The van der Waals surface area contributed by atoms with E-state index in [1.165, 1.54) is 12.1 Å².